The topological polar surface area (TPSA) is 33.1 Å². The van der Waals surface area contributed by atoms with Crippen LogP contribution >= 0.6 is 15.9 Å². The molecule has 0 aliphatic heterocycles. The third-order valence-corrected chi connectivity index (χ3v) is 3.20. The molecule has 0 saturated carbocycles. The van der Waals surface area contributed by atoms with Crippen molar-refractivity contribution >= 4 is 15.9 Å². The lowest BCUT2D eigenvalue weighted by Crippen LogP contribution is -2.16. The van der Waals surface area contributed by atoms with Crippen LogP contribution in [0.2, 0.25) is 0 Å². The molecule has 0 amide bonds. The number of pyridine rings is 1. The van der Waals surface area contributed by atoms with Gasteiger partial charge in [-0.3, -0.25) is 4.98 Å². The molecule has 1 N–H and O–H groups in total. The van der Waals surface area contributed by atoms with Crippen LogP contribution in [0.15, 0.2) is 41.0 Å². The second-order valence-corrected chi connectivity index (χ2v) is 5.15. The Morgan fingerprint density at radius 1 is 1.11 bits per heavy atom. The lowest BCUT2D eigenvalue weighted by molar-refractivity contribution is 0.171. The van der Waals surface area contributed by atoms with Gasteiger partial charge in [-0.1, -0.05) is 6.07 Å². The molecular weight excluding hydrogens is 316 g/mol. The first-order valence-electron chi connectivity index (χ1n) is 5.77. The van der Waals surface area contributed by atoms with Crippen LogP contribution in [0.5, 0.6) is 0 Å². The number of rotatable bonds is 4. The van der Waals surface area contributed by atoms with Gasteiger partial charge in [0.1, 0.15) is 11.6 Å². The molecule has 1 unspecified atom stereocenters. The van der Waals surface area contributed by atoms with E-state index in [-0.39, 0.29) is 18.4 Å². The van der Waals surface area contributed by atoms with Crippen molar-refractivity contribution in [3.05, 3.63) is 63.9 Å². The van der Waals surface area contributed by atoms with Crippen LogP contribution in [0.1, 0.15) is 11.3 Å². The zero-order valence-electron chi connectivity index (χ0n) is 9.98. The minimum atomic E-state index is -0.875. The van der Waals surface area contributed by atoms with E-state index in [2.05, 4.69) is 20.9 Å². The van der Waals surface area contributed by atoms with Gasteiger partial charge in [0.2, 0.25) is 0 Å². The van der Waals surface area contributed by atoms with Crippen LogP contribution in [0.4, 0.5) is 8.78 Å². The Balaban J connectivity index is 2.05. The molecule has 1 atom stereocenters. The number of nitrogens with zero attached hydrogens (tertiary/aromatic N) is 1. The van der Waals surface area contributed by atoms with E-state index in [9.17, 15) is 13.9 Å². The molecule has 2 rings (SSSR count). The van der Waals surface area contributed by atoms with Gasteiger partial charge in [-0.05, 0) is 40.2 Å². The molecule has 2 nitrogen and oxygen atoms in total. The Kier molecular flexibility index (Phi) is 4.61. The molecule has 0 spiro atoms. The minimum Gasteiger partial charge on any atom is -0.392 e. The van der Waals surface area contributed by atoms with Gasteiger partial charge in [-0.2, -0.15) is 0 Å². The van der Waals surface area contributed by atoms with E-state index in [1.54, 1.807) is 18.3 Å². The molecule has 0 bridgehead atoms. The largest absolute Gasteiger partial charge is 0.392 e. The van der Waals surface area contributed by atoms with Gasteiger partial charge < -0.3 is 5.11 Å². The molecule has 100 valence electrons. The van der Waals surface area contributed by atoms with Crippen LogP contribution in [0, 0.1) is 11.6 Å². The van der Waals surface area contributed by atoms with Gasteiger partial charge in [-0.25, -0.2) is 8.78 Å². The Morgan fingerprint density at radius 2 is 1.79 bits per heavy atom. The molecule has 1 aromatic carbocycles. The number of benzene rings is 1. The standard InChI is InChI=1S/C14H12BrF2NO/c15-9-4-5-10(18-8-9)6-11(19)7-12-13(16)2-1-3-14(12)17/h1-5,8,11,19H,6-7H2. The maximum absolute atomic E-state index is 13.4. The Labute approximate surface area is 118 Å². The maximum atomic E-state index is 13.4. The van der Waals surface area contributed by atoms with E-state index >= 15 is 0 Å². The third-order valence-electron chi connectivity index (χ3n) is 2.73. The minimum absolute atomic E-state index is 0.0732. The van der Waals surface area contributed by atoms with E-state index < -0.39 is 17.7 Å². The number of aromatic nitrogens is 1. The van der Waals surface area contributed by atoms with Crippen molar-refractivity contribution in [1.82, 2.24) is 4.98 Å². The van der Waals surface area contributed by atoms with Crippen molar-refractivity contribution in [3.63, 3.8) is 0 Å². The summed E-state index contributed by atoms with van der Waals surface area (Å²) >= 11 is 3.26. The van der Waals surface area contributed by atoms with E-state index in [4.69, 9.17) is 0 Å². The predicted molar refractivity (Wildman–Crippen MR) is 71.7 cm³/mol. The molecule has 1 heterocycles. The summed E-state index contributed by atoms with van der Waals surface area (Å²) in [6.07, 6.45) is 0.920. The molecule has 0 aliphatic carbocycles. The van der Waals surface area contributed by atoms with Crippen molar-refractivity contribution in [2.75, 3.05) is 0 Å². The highest BCUT2D eigenvalue weighted by atomic mass is 79.9. The number of aliphatic hydroxyl groups is 1. The monoisotopic (exact) mass is 327 g/mol. The second-order valence-electron chi connectivity index (χ2n) is 4.23. The van der Waals surface area contributed by atoms with Crippen molar-refractivity contribution < 1.29 is 13.9 Å². The Hall–Kier alpha value is -1.33. The van der Waals surface area contributed by atoms with Crippen molar-refractivity contribution in [1.29, 1.82) is 0 Å². The summed E-state index contributed by atoms with van der Waals surface area (Å²) in [5, 5.41) is 9.89. The van der Waals surface area contributed by atoms with Gasteiger partial charge in [0.05, 0.1) is 6.10 Å². The lowest BCUT2D eigenvalue weighted by atomic mass is 10.0. The van der Waals surface area contributed by atoms with Crippen LogP contribution in [0.3, 0.4) is 0 Å². The zero-order valence-corrected chi connectivity index (χ0v) is 11.6. The fourth-order valence-electron chi connectivity index (χ4n) is 1.80. The van der Waals surface area contributed by atoms with Gasteiger partial charge in [0, 0.05) is 34.8 Å². The van der Waals surface area contributed by atoms with Gasteiger partial charge >= 0.3 is 0 Å². The van der Waals surface area contributed by atoms with Crippen molar-refractivity contribution in [3.8, 4) is 0 Å². The SMILES string of the molecule is OC(Cc1ccc(Br)cn1)Cc1c(F)cccc1F. The quantitative estimate of drug-likeness (QED) is 0.934. The molecule has 0 saturated heterocycles. The van der Waals surface area contributed by atoms with E-state index in [0.29, 0.717) is 5.69 Å². The number of hydrogen-bond acceptors (Lipinski definition) is 2. The second kappa shape index (κ2) is 6.21. The number of hydrogen-bond donors (Lipinski definition) is 1. The van der Waals surface area contributed by atoms with Crippen molar-refractivity contribution in [2.24, 2.45) is 0 Å². The van der Waals surface area contributed by atoms with Crippen LogP contribution in [0.25, 0.3) is 0 Å². The third kappa shape index (κ3) is 3.81. The Bertz CT molecular complexity index is 540. The zero-order chi connectivity index (χ0) is 13.8. The smallest absolute Gasteiger partial charge is 0.129 e. The normalized spacial score (nSPS) is 12.4. The fourth-order valence-corrected chi connectivity index (χ4v) is 2.04. The molecule has 1 aromatic heterocycles. The van der Waals surface area contributed by atoms with E-state index in [1.807, 2.05) is 0 Å². The molecular formula is C14H12BrF2NO. The molecule has 19 heavy (non-hydrogen) atoms. The average Bonchev–Trinajstić information content (AvgIpc) is 2.37. The average molecular weight is 328 g/mol. The highest BCUT2D eigenvalue weighted by Crippen LogP contribution is 2.16. The van der Waals surface area contributed by atoms with Crippen LogP contribution in [-0.2, 0) is 12.8 Å². The summed E-state index contributed by atoms with van der Waals surface area (Å²) in [5.74, 6) is -1.27. The highest BCUT2D eigenvalue weighted by Gasteiger charge is 2.14. The molecule has 0 fully saturated rings. The van der Waals surface area contributed by atoms with Crippen molar-refractivity contribution in [2.45, 2.75) is 18.9 Å². The number of aliphatic hydroxyl groups excluding tert-OH is 1. The van der Waals surface area contributed by atoms with Gasteiger partial charge in [-0.15, -0.1) is 0 Å². The summed E-state index contributed by atoms with van der Waals surface area (Å²) in [6.45, 7) is 0. The van der Waals surface area contributed by atoms with Crippen LogP contribution < -0.4 is 0 Å². The summed E-state index contributed by atoms with van der Waals surface area (Å²) < 4.78 is 27.7. The first kappa shape index (κ1) is 14.1. The maximum Gasteiger partial charge on any atom is 0.129 e. The lowest BCUT2D eigenvalue weighted by Gasteiger charge is -2.11. The summed E-state index contributed by atoms with van der Waals surface area (Å²) in [6, 6.07) is 7.23. The first-order valence-corrected chi connectivity index (χ1v) is 6.57. The highest BCUT2D eigenvalue weighted by molar-refractivity contribution is 9.10. The number of halogens is 3. The predicted octanol–water partition coefficient (Wildman–Crippen LogP) is 3.27. The molecule has 5 heteroatoms. The fraction of sp³-hybridized carbons (Fsp3) is 0.214. The Morgan fingerprint density at radius 3 is 2.37 bits per heavy atom. The van der Waals surface area contributed by atoms with Gasteiger partial charge in [0.25, 0.3) is 0 Å². The molecule has 0 aliphatic rings. The van der Waals surface area contributed by atoms with E-state index in [1.165, 1.54) is 18.2 Å². The molecule has 2 aromatic rings. The van der Waals surface area contributed by atoms with E-state index in [0.717, 1.165) is 4.47 Å². The summed E-state index contributed by atoms with van der Waals surface area (Å²) in [5.41, 5.74) is 0.583. The summed E-state index contributed by atoms with van der Waals surface area (Å²) in [4.78, 5) is 4.11. The summed E-state index contributed by atoms with van der Waals surface area (Å²) in [7, 11) is 0. The first-order chi connectivity index (χ1) is 9.06. The molecule has 0 radical (unpaired) electrons. The van der Waals surface area contributed by atoms with Crippen LogP contribution in [-0.4, -0.2) is 16.2 Å². The van der Waals surface area contributed by atoms with Gasteiger partial charge in [0.15, 0.2) is 0 Å².